The predicted molar refractivity (Wildman–Crippen MR) is 112 cm³/mol. The summed E-state index contributed by atoms with van der Waals surface area (Å²) >= 11 is 0. The van der Waals surface area contributed by atoms with Gasteiger partial charge in [-0.1, -0.05) is 40.5 Å². The van der Waals surface area contributed by atoms with Gasteiger partial charge in [-0.3, -0.25) is 19.2 Å². The van der Waals surface area contributed by atoms with Crippen molar-refractivity contribution in [3.63, 3.8) is 0 Å². The number of carbonyl (C=O) groups excluding carboxylic acids is 4. The predicted octanol–water partition coefficient (Wildman–Crippen LogP) is 1.04. The van der Waals surface area contributed by atoms with Gasteiger partial charge in [0.25, 0.3) is 0 Å². The van der Waals surface area contributed by atoms with Crippen molar-refractivity contribution in [3.05, 3.63) is 0 Å². The number of carbonyl (C=O) groups is 4. The van der Waals surface area contributed by atoms with Gasteiger partial charge in [-0.15, -0.1) is 0 Å². The van der Waals surface area contributed by atoms with Gasteiger partial charge in [0.1, 0.15) is 24.2 Å². The first-order valence-electron chi connectivity index (χ1n) is 11.5. The van der Waals surface area contributed by atoms with E-state index in [-0.39, 0.29) is 35.5 Å². The fraction of sp³-hybridized carbons (Fsp3) is 0.818. The highest BCUT2D eigenvalue weighted by molar-refractivity contribution is 5.98. The van der Waals surface area contributed by atoms with Crippen LogP contribution < -0.4 is 10.6 Å². The summed E-state index contributed by atoms with van der Waals surface area (Å²) in [6.45, 7) is 8.84. The lowest BCUT2D eigenvalue weighted by atomic mass is 9.94. The Morgan fingerprint density at radius 2 is 1.27 bits per heavy atom. The highest BCUT2D eigenvalue weighted by Crippen LogP contribution is 2.27. The Bertz CT molecular complexity index is 697. The summed E-state index contributed by atoms with van der Waals surface area (Å²) in [6, 6.07) is -2.54. The van der Waals surface area contributed by atoms with Crippen molar-refractivity contribution in [2.75, 3.05) is 13.1 Å². The zero-order valence-electron chi connectivity index (χ0n) is 18.6. The zero-order valence-corrected chi connectivity index (χ0v) is 18.6. The molecule has 0 aromatic carbocycles. The molecule has 3 saturated heterocycles. The SMILES string of the molecule is CC[C@H](C)[C@@H]1NC(=O)[C@@H]2CCCN2C(=O)[C@@H]2CCCN2C(=O)[C@H]([C@@H](C)CC)NC1=O. The molecule has 3 rings (SSSR count). The van der Waals surface area contributed by atoms with Gasteiger partial charge < -0.3 is 20.4 Å². The number of nitrogens with zero attached hydrogens (tertiary/aromatic N) is 2. The summed E-state index contributed by atoms with van der Waals surface area (Å²) in [5.41, 5.74) is 0. The second-order valence-corrected chi connectivity index (χ2v) is 9.12. The third-order valence-corrected chi connectivity index (χ3v) is 7.23. The van der Waals surface area contributed by atoms with E-state index in [0.717, 1.165) is 19.3 Å². The first kappa shape index (κ1) is 22.6. The van der Waals surface area contributed by atoms with E-state index >= 15 is 0 Å². The molecule has 8 heteroatoms. The van der Waals surface area contributed by atoms with E-state index in [2.05, 4.69) is 10.6 Å². The number of amides is 4. The van der Waals surface area contributed by atoms with Crippen molar-refractivity contribution < 1.29 is 19.2 Å². The molecule has 0 bridgehead atoms. The van der Waals surface area contributed by atoms with Crippen LogP contribution in [0.5, 0.6) is 0 Å². The molecule has 3 aliphatic rings. The average molecular weight is 421 g/mol. The van der Waals surface area contributed by atoms with Crippen LogP contribution in [0.1, 0.15) is 66.2 Å². The van der Waals surface area contributed by atoms with Crippen molar-refractivity contribution in [2.24, 2.45) is 11.8 Å². The van der Waals surface area contributed by atoms with E-state index in [1.165, 1.54) is 0 Å². The van der Waals surface area contributed by atoms with E-state index < -0.39 is 24.2 Å². The van der Waals surface area contributed by atoms with Gasteiger partial charge in [-0.2, -0.15) is 0 Å². The van der Waals surface area contributed by atoms with Crippen molar-refractivity contribution >= 4 is 23.6 Å². The van der Waals surface area contributed by atoms with Crippen LogP contribution >= 0.6 is 0 Å². The van der Waals surface area contributed by atoms with Crippen molar-refractivity contribution in [2.45, 2.75) is 90.4 Å². The van der Waals surface area contributed by atoms with Gasteiger partial charge in [-0.05, 0) is 37.5 Å². The molecule has 0 aromatic heterocycles. The van der Waals surface area contributed by atoms with Crippen LogP contribution in [0.25, 0.3) is 0 Å². The molecule has 8 nitrogen and oxygen atoms in total. The van der Waals surface area contributed by atoms with Gasteiger partial charge in [0.15, 0.2) is 0 Å². The van der Waals surface area contributed by atoms with Crippen LogP contribution in [0.4, 0.5) is 0 Å². The summed E-state index contributed by atoms with van der Waals surface area (Å²) in [5.74, 6) is -1.06. The number of rotatable bonds is 4. The van der Waals surface area contributed by atoms with Crippen LogP contribution in [-0.4, -0.2) is 70.7 Å². The average Bonchev–Trinajstić information content (AvgIpc) is 3.42. The maximum Gasteiger partial charge on any atom is 0.246 e. The van der Waals surface area contributed by atoms with Crippen LogP contribution in [0.2, 0.25) is 0 Å². The van der Waals surface area contributed by atoms with Gasteiger partial charge >= 0.3 is 0 Å². The first-order valence-corrected chi connectivity index (χ1v) is 11.5. The smallest absolute Gasteiger partial charge is 0.246 e. The van der Waals surface area contributed by atoms with Crippen LogP contribution in [-0.2, 0) is 19.2 Å². The molecule has 3 aliphatic heterocycles. The third-order valence-electron chi connectivity index (χ3n) is 7.23. The summed E-state index contributed by atoms with van der Waals surface area (Å²) in [4.78, 5) is 56.5. The topological polar surface area (TPSA) is 98.8 Å². The molecule has 0 saturated carbocycles. The summed E-state index contributed by atoms with van der Waals surface area (Å²) < 4.78 is 0. The normalized spacial score (nSPS) is 32.5. The number of hydrogen-bond donors (Lipinski definition) is 2. The Hall–Kier alpha value is -2.12. The monoisotopic (exact) mass is 420 g/mol. The fourth-order valence-electron chi connectivity index (χ4n) is 4.84. The number of nitrogens with one attached hydrogen (secondary N) is 2. The maximum absolute atomic E-state index is 13.5. The Morgan fingerprint density at radius 3 is 1.87 bits per heavy atom. The van der Waals surface area contributed by atoms with Gasteiger partial charge in [0.2, 0.25) is 23.6 Å². The molecule has 0 radical (unpaired) electrons. The molecular formula is C22H36N4O4. The minimum atomic E-state index is -0.729. The summed E-state index contributed by atoms with van der Waals surface area (Å²) in [6.07, 6.45) is 4.12. The zero-order chi connectivity index (χ0) is 22.0. The second kappa shape index (κ2) is 9.35. The van der Waals surface area contributed by atoms with Crippen LogP contribution in [0.15, 0.2) is 0 Å². The van der Waals surface area contributed by atoms with Gasteiger partial charge in [-0.25, -0.2) is 0 Å². The molecule has 2 N–H and O–H groups in total. The van der Waals surface area contributed by atoms with Crippen LogP contribution in [0, 0.1) is 11.8 Å². The van der Waals surface area contributed by atoms with E-state index in [9.17, 15) is 19.2 Å². The Labute approximate surface area is 179 Å². The van der Waals surface area contributed by atoms with E-state index in [1.54, 1.807) is 9.80 Å². The quantitative estimate of drug-likeness (QED) is 0.710. The first-order chi connectivity index (χ1) is 14.3. The lowest BCUT2D eigenvalue weighted by Crippen LogP contribution is -2.62. The molecule has 6 atom stereocenters. The molecule has 3 fully saturated rings. The highest BCUT2D eigenvalue weighted by Gasteiger charge is 2.46. The molecule has 0 aromatic rings. The highest BCUT2D eigenvalue weighted by atomic mass is 16.2. The standard InChI is InChI=1S/C22H36N4O4/c1-5-13(3)17-20(28)24-18(14(4)6-2)22(30)26-12-8-10-16(26)21(29)25-11-7-9-15(25)19(27)23-17/h13-18H,5-12H2,1-4H3,(H,23,27)(H,24,28)/t13-,14-,15-,16-,17-,18-/m0/s1. The maximum atomic E-state index is 13.5. The largest absolute Gasteiger partial charge is 0.342 e. The Kier molecular flexibility index (Phi) is 7.03. The number of hydrogen-bond acceptors (Lipinski definition) is 4. The lowest BCUT2D eigenvalue weighted by Gasteiger charge is -2.37. The Morgan fingerprint density at radius 1 is 0.767 bits per heavy atom. The second-order valence-electron chi connectivity index (χ2n) is 9.12. The minimum absolute atomic E-state index is 0.0754. The van der Waals surface area contributed by atoms with E-state index in [0.29, 0.717) is 32.4 Å². The molecular weight excluding hydrogens is 384 g/mol. The Balaban J connectivity index is 2.01. The molecule has 3 heterocycles. The third kappa shape index (κ3) is 4.18. The molecule has 0 aliphatic carbocycles. The van der Waals surface area contributed by atoms with Crippen LogP contribution in [0.3, 0.4) is 0 Å². The van der Waals surface area contributed by atoms with E-state index in [1.807, 2.05) is 27.7 Å². The van der Waals surface area contributed by atoms with Crippen molar-refractivity contribution in [1.29, 1.82) is 0 Å². The molecule has 168 valence electrons. The summed E-state index contributed by atoms with van der Waals surface area (Å²) in [7, 11) is 0. The summed E-state index contributed by atoms with van der Waals surface area (Å²) in [5, 5.41) is 5.85. The van der Waals surface area contributed by atoms with Gasteiger partial charge in [0.05, 0.1) is 0 Å². The fourth-order valence-corrected chi connectivity index (χ4v) is 4.84. The lowest BCUT2D eigenvalue weighted by molar-refractivity contribution is -0.150. The molecule has 30 heavy (non-hydrogen) atoms. The number of fused-ring (bicyclic) bond motifs is 2. The molecule has 0 spiro atoms. The molecule has 0 unspecified atom stereocenters. The van der Waals surface area contributed by atoms with E-state index in [4.69, 9.17) is 0 Å². The van der Waals surface area contributed by atoms with Crippen molar-refractivity contribution in [1.82, 2.24) is 20.4 Å². The van der Waals surface area contributed by atoms with Gasteiger partial charge in [0, 0.05) is 13.1 Å². The minimum Gasteiger partial charge on any atom is -0.342 e. The molecule has 4 amide bonds. The van der Waals surface area contributed by atoms with Crippen molar-refractivity contribution in [3.8, 4) is 0 Å².